The molecule has 0 bridgehead atoms. The summed E-state index contributed by atoms with van der Waals surface area (Å²) >= 11 is 0. The molecule has 5 heteroatoms. The Bertz CT molecular complexity index is 567. The zero-order valence-electron chi connectivity index (χ0n) is 12.1. The highest BCUT2D eigenvalue weighted by Crippen LogP contribution is 2.20. The van der Waals surface area contributed by atoms with Gasteiger partial charge >= 0.3 is 0 Å². The normalized spacial score (nSPS) is 12.2. The van der Waals surface area contributed by atoms with Gasteiger partial charge in [0.15, 0.2) is 0 Å². The van der Waals surface area contributed by atoms with Crippen LogP contribution < -0.4 is 5.32 Å². The molecule has 21 heavy (non-hydrogen) atoms. The Labute approximate surface area is 124 Å². The Kier molecular flexibility index (Phi) is 5.51. The third-order valence-electron chi connectivity index (χ3n) is 3.47. The zero-order valence-corrected chi connectivity index (χ0v) is 12.1. The molecule has 1 aromatic carbocycles. The van der Waals surface area contributed by atoms with Crippen molar-refractivity contribution < 1.29 is 9.34 Å². The number of nitro benzene ring substituents is 1. The summed E-state index contributed by atoms with van der Waals surface area (Å²) in [5.41, 5.74) is 0.964. The molecule has 0 aliphatic heterocycles. The van der Waals surface area contributed by atoms with Crippen molar-refractivity contribution in [3.05, 3.63) is 64.1 Å². The zero-order chi connectivity index (χ0) is 15.1. The number of rotatable bonds is 8. The van der Waals surface area contributed by atoms with Crippen LogP contribution in [0, 0.1) is 10.1 Å². The van der Waals surface area contributed by atoms with Crippen molar-refractivity contribution in [2.75, 3.05) is 6.54 Å². The van der Waals surface area contributed by atoms with E-state index in [0.29, 0.717) is 6.42 Å². The van der Waals surface area contributed by atoms with Crippen molar-refractivity contribution in [3.8, 4) is 0 Å². The molecule has 1 heterocycles. The number of nitro groups is 1. The van der Waals surface area contributed by atoms with Gasteiger partial charge in [-0.3, -0.25) is 10.1 Å². The third kappa shape index (κ3) is 4.43. The molecule has 0 amide bonds. The molecule has 0 saturated carbocycles. The highest BCUT2D eigenvalue weighted by atomic mass is 16.6. The topological polar surface area (TPSA) is 68.3 Å². The van der Waals surface area contributed by atoms with E-state index in [2.05, 4.69) is 5.32 Å². The van der Waals surface area contributed by atoms with Crippen LogP contribution in [0.3, 0.4) is 0 Å². The molecule has 1 aromatic heterocycles. The molecule has 2 rings (SSSR count). The second-order valence-electron chi connectivity index (χ2n) is 4.96. The Hall–Kier alpha value is -2.14. The number of likely N-dealkylation sites (N-methyl/N-ethyl adjacent to an activating group) is 1. The first-order valence-electron chi connectivity index (χ1n) is 7.18. The molecule has 2 aromatic rings. The summed E-state index contributed by atoms with van der Waals surface area (Å²) in [6.07, 6.45) is 4.02. The summed E-state index contributed by atoms with van der Waals surface area (Å²) in [5, 5.41) is 14.5. The fourth-order valence-corrected chi connectivity index (χ4v) is 2.46. The smallest absolute Gasteiger partial charge is 0.272 e. The van der Waals surface area contributed by atoms with Gasteiger partial charge in [0.25, 0.3) is 5.69 Å². The number of aryl methyl sites for hydroxylation is 1. The van der Waals surface area contributed by atoms with Gasteiger partial charge in [-0.2, -0.15) is 0 Å². The number of para-hydroxylation sites is 1. The number of hydrogen-bond acceptors (Lipinski definition) is 4. The van der Waals surface area contributed by atoms with E-state index in [0.717, 1.165) is 30.7 Å². The molecule has 0 spiro atoms. The third-order valence-corrected chi connectivity index (χ3v) is 3.47. The van der Waals surface area contributed by atoms with Gasteiger partial charge in [-0.25, -0.2) is 0 Å². The van der Waals surface area contributed by atoms with Gasteiger partial charge in [-0.15, -0.1) is 0 Å². The number of nitrogens with one attached hydrogen (secondary N) is 1. The van der Waals surface area contributed by atoms with Crippen molar-refractivity contribution in [3.63, 3.8) is 0 Å². The molecule has 112 valence electrons. The van der Waals surface area contributed by atoms with Crippen LogP contribution in [0.2, 0.25) is 0 Å². The average molecular weight is 288 g/mol. The van der Waals surface area contributed by atoms with E-state index >= 15 is 0 Å². The average Bonchev–Trinajstić information content (AvgIpc) is 2.98. The lowest BCUT2D eigenvalue weighted by Gasteiger charge is -2.17. The lowest BCUT2D eigenvalue weighted by molar-refractivity contribution is -0.385. The van der Waals surface area contributed by atoms with E-state index in [1.165, 1.54) is 0 Å². The minimum atomic E-state index is -0.315. The minimum Gasteiger partial charge on any atom is -0.469 e. The highest BCUT2D eigenvalue weighted by Gasteiger charge is 2.17. The molecule has 1 N–H and O–H groups in total. The molecule has 1 atom stereocenters. The first kappa shape index (κ1) is 15.3. The Morgan fingerprint density at radius 2 is 2.10 bits per heavy atom. The molecule has 0 aliphatic rings. The van der Waals surface area contributed by atoms with Gasteiger partial charge in [0.05, 0.1) is 11.2 Å². The lowest BCUT2D eigenvalue weighted by Crippen LogP contribution is -2.31. The Morgan fingerprint density at radius 1 is 1.29 bits per heavy atom. The highest BCUT2D eigenvalue weighted by molar-refractivity contribution is 5.40. The van der Waals surface area contributed by atoms with Crippen LogP contribution in [0.4, 0.5) is 5.69 Å². The summed E-state index contributed by atoms with van der Waals surface area (Å²) in [7, 11) is 0. The van der Waals surface area contributed by atoms with Gasteiger partial charge in [0, 0.05) is 24.1 Å². The fraction of sp³-hybridized carbons (Fsp3) is 0.375. The van der Waals surface area contributed by atoms with Gasteiger partial charge in [0.2, 0.25) is 0 Å². The van der Waals surface area contributed by atoms with Gasteiger partial charge in [-0.1, -0.05) is 25.1 Å². The van der Waals surface area contributed by atoms with E-state index < -0.39 is 0 Å². The van der Waals surface area contributed by atoms with E-state index in [4.69, 9.17) is 4.42 Å². The summed E-state index contributed by atoms with van der Waals surface area (Å²) in [6, 6.07) is 11.0. The van der Waals surface area contributed by atoms with E-state index in [-0.39, 0.29) is 16.7 Å². The predicted octanol–water partition coefficient (Wildman–Crippen LogP) is 3.34. The van der Waals surface area contributed by atoms with Crippen LogP contribution in [-0.2, 0) is 12.8 Å². The van der Waals surface area contributed by atoms with Crippen LogP contribution in [0.25, 0.3) is 0 Å². The van der Waals surface area contributed by atoms with E-state index in [1.54, 1.807) is 18.4 Å². The molecular formula is C16H20N2O3. The largest absolute Gasteiger partial charge is 0.469 e. The molecule has 5 nitrogen and oxygen atoms in total. The van der Waals surface area contributed by atoms with Crippen molar-refractivity contribution in [1.29, 1.82) is 0 Å². The van der Waals surface area contributed by atoms with Crippen molar-refractivity contribution in [2.24, 2.45) is 0 Å². The summed E-state index contributed by atoms with van der Waals surface area (Å²) < 4.78 is 5.34. The van der Waals surface area contributed by atoms with Crippen LogP contribution in [0.15, 0.2) is 47.1 Å². The quantitative estimate of drug-likeness (QED) is 0.597. The fourth-order valence-electron chi connectivity index (χ4n) is 2.46. The number of nitrogens with zero attached hydrogens (tertiary/aromatic N) is 1. The maximum absolute atomic E-state index is 11.1. The molecule has 1 unspecified atom stereocenters. The van der Waals surface area contributed by atoms with Crippen LogP contribution in [0.5, 0.6) is 0 Å². The predicted molar refractivity (Wildman–Crippen MR) is 81.3 cm³/mol. The Balaban J connectivity index is 2.03. The maximum Gasteiger partial charge on any atom is 0.272 e. The van der Waals surface area contributed by atoms with Gasteiger partial charge in [-0.05, 0) is 31.5 Å². The second-order valence-corrected chi connectivity index (χ2v) is 4.96. The maximum atomic E-state index is 11.1. The number of hydrogen-bond donors (Lipinski definition) is 1. The molecule has 0 saturated heterocycles. The lowest BCUT2D eigenvalue weighted by atomic mass is 9.99. The molecule has 0 radical (unpaired) electrons. The number of benzene rings is 1. The molecule has 0 aliphatic carbocycles. The van der Waals surface area contributed by atoms with Crippen LogP contribution >= 0.6 is 0 Å². The monoisotopic (exact) mass is 288 g/mol. The Morgan fingerprint density at radius 3 is 2.76 bits per heavy atom. The van der Waals surface area contributed by atoms with Gasteiger partial charge < -0.3 is 9.73 Å². The first-order chi connectivity index (χ1) is 10.2. The van der Waals surface area contributed by atoms with Crippen molar-refractivity contribution in [1.82, 2.24) is 5.32 Å². The van der Waals surface area contributed by atoms with Crippen LogP contribution in [-0.4, -0.2) is 17.5 Å². The summed E-state index contributed by atoms with van der Waals surface area (Å²) in [4.78, 5) is 10.8. The molecule has 0 fully saturated rings. The van der Waals surface area contributed by atoms with Gasteiger partial charge in [0.1, 0.15) is 5.76 Å². The first-order valence-corrected chi connectivity index (χ1v) is 7.18. The number of furan rings is 1. The van der Waals surface area contributed by atoms with E-state index in [9.17, 15) is 10.1 Å². The van der Waals surface area contributed by atoms with Crippen molar-refractivity contribution >= 4 is 5.69 Å². The minimum absolute atomic E-state index is 0.193. The standard InChI is InChI=1S/C16H20N2O3/c1-2-17-14(9-10-15-7-5-11-21-15)12-13-6-3-4-8-16(13)18(19)20/h3-8,11,14,17H,2,9-10,12H2,1H3. The van der Waals surface area contributed by atoms with Crippen LogP contribution in [0.1, 0.15) is 24.7 Å². The second kappa shape index (κ2) is 7.59. The summed E-state index contributed by atoms with van der Waals surface area (Å²) in [6.45, 7) is 2.88. The summed E-state index contributed by atoms with van der Waals surface area (Å²) in [5.74, 6) is 0.945. The SMILES string of the molecule is CCNC(CCc1ccco1)Cc1ccccc1[N+](=O)[O-]. The van der Waals surface area contributed by atoms with Crippen molar-refractivity contribution in [2.45, 2.75) is 32.2 Å². The molecular weight excluding hydrogens is 268 g/mol. The van der Waals surface area contributed by atoms with E-state index in [1.807, 2.05) is 31.2 Å².